The maximum Gasteiger partial charge on any atom is 0.123 e. The minimum Gasteiger partial charge on any atom is -0.496 e. The number of hydrogen-bond acceptors (Lipinski definition) is 5. The highest BCUT2D eigenvalue weighted by Gasteiger charge is 2.31. The lowest BCUT2D eigenvalue weighted by Crippen LogP contribution is -2.50. The number of para-hydroxylation sites is 1. The zero-order chi connectivity index (χ0) is 17.9. The fourth-order valence-electron chi connectivity index (χ4n) is 4.07. The molecule has 4 rings (SSSR count). The van der Waals surface area contributed by atoms with Gasteiger partial charge in [-0.15, -0.1) is 0 Å². The largest absolute Gasteiger partial charge is 0.496 e. The maximum atomic E-state index is 5.57. The number of fused-ring (bicyclic) bond motifs is 1. The molecule has 1 fully saturated rings. The van der Waals surface area contributed by atoms with Crippen molar-refractivity contribution in [2.75, 3.05) is 40.0 Å². The molecule has 1 aromatic heterocycles. The number of rotatable bonds is 5. The molecule has 6 heteroatoms. The van der Waals surface area contributed by atoms with E-state index in [1.54, 1.807) is 7.11 Å². The van der Waals surface area contributed by atoms with Crippen molar-refractivity contribution < 1.29 is 9.47 Å². The number of methoxy groups -OCH3 is 1. The molecule has 1 atom stereocenters. The first-order valence-corrected chi connectivity index (χ1v) is 9.39. The van der Waals surface area contributed by atoms with Gasteiger partial charge in [-0.25, -0.2) is 4.98 Å². The van der Waals surface area contributed by atoms with E-state index >= 15 is 0 Å². The first-order chi connectivity index (χ1) is 12.7. The van der Waals surface area contributed by atoms with E-state index in [-0.39, 0.29) is 0 Å². The van der Waals surface area contributed by atoms with Crippen molar-refractivity contribution in [1.29, 1.82) is 0 Å². The van der Waals surface area contributed by atoms with Crippen molar-refractivity contribution >= 4 is 0 Å². The molecular weight excluding hydrogens is 328 g/mol. The van der Waals surface area contributed by atoms with Crippen molar-refractivity contribution in [1.82, 2.24) is 19.4 Å². The Morgan fingerprint density at radius 3 is 2.85 bits per heavy atom. The normalized spacial score (nSPS) is 21.5. The molecule has 140 valence electrons. The standard InChI is InChI=1S/C20H28N4O2/c1-22-15-21-18-14-24(12-16-5-3-4-6-20(16)25-2)17(11-19(18)22)13-23-7-9-26-10-8-23/h3-6,15,17H,7-14H2,1-2H3/t17-/m0/s1. The Morgan fingerprint density at radius 1 is 1.23 bits per heavy atom. The van der Waals surface area contributed by atoms with E-state index in [1.165, 1.54) is 17.0 Å². The summed E-state index contributed by atoms with van der Waals surface area (Å²) in [6.07, 6.45) is 2.99. The molecule has 0 aliphatic carbocycles. The molecule has 0 unspecified atom stereocenters. The van der Waals surface area contributed by atoms with Gasteiger partial charge in [-0.3, -0.25) is 9.80 Å². The lowest BCUT2D eigenvalue weighted by atomic mass is 10.00. The summed E-state index contributed by atoms with van der Waals surface area (Å²) in [4.78, 5) is 9.72. The van der Waals surface area contributed by atoms with Gasteiger partial charge in [0.05, 0.1) is 32.3 Å². The molecule has 2 aliphatic rings. The van der Waals surface area contributed by atoms with Crippen LogP contribution in [0.4, 0.5) is 0 Å². The summed E-state index contributed by atoms with van der Waals surface area (Å²) in [5.74, 6) is 0.962. The maximum absolute atomic E-state index is 5.57. The average Bonchev–Trinajstić information content (AvgIpc) is 3.03. The Balaban J connectivity index is 1.56. The molecule has 0 spiro atoms. The number of morpholine rings is 1. The van der Waals surface area contributed by atoms with E-state index < -0.39 is 0 Å². The average molecular weight is 356 g/mol. The summed E-state index contributed by atoms with van der Waals surface area (Å²) >= 11 is 0. The molecule has 0 amide bonds. The molecule has 2 aromatic rings. The van der Waals surface area contributed by atoms with Gasteiger partial charge in [-0.05, 0) is 6.07 Å². The zero-order valence-corrected chi connectivity index (χ0v) is 15.7. The zero-order valence-electron chi connectivity index (χ0n) is 15.7. The molecular formula is C20H28N4O2. The second-order valence-corrected chi connectivity index (χ2v) is 7.24. The Hall–Kier alpha value is -1.89. The van der Waals surface area contributed by atoms with E-state index in [2.05, 4.69) is 38.5 Å². The molecule has 3 heterocycles. The third-order valence-electron chi connectivity index (χ3n) is 5.58. The molecule has 1 saturated heterocycles. The highest BCUT2D eigenvalue weighted by atomic mass is 16.5. The summed E-state index contributed by atoms with van der Waals surface area (Å²) in [5, 5.41) is 0. The van der Waals surface area contributed by atoms with Crippen LogP contribution in [0.3, 0.4) is 0 Å². The van der Waals surface area contributed by atoms with Gasteiger partial charge in [0, 0.05) is 63.5 Å². The molecule has 0 saturated carbocycles. The summed E-state index contributed by atoms with van der Waals surface area (Å²) in [6.45, 7) is 6.59. The third-order valence-corrected chi connectivity index (χ3v) is 5.58. The van der Waals surface area contributed by atoms with Gasteiger partial charge in [0.15, 0.2) is 0 Å². The highest BCUT2D eigenvalue weighted by molar-refractivity contribution is 5.33. The van der Waals surface area contributed by atoms with E-state index in [9.17, 15) is 0 Å². The van der Waals surface area contributed by atoms with Gasteiger partial charge in [-0.1, -0.05) is 18.2 Å². The Morgan fingerprint density at radius 2 is 2.04 bits per heavy atom. The topological polar surface area (TPSA) is 42.8 Å². The number of nitrogens with zero attached hydrogens (tertiary/aromatic N) is 4. The van der Waals surface area contributed by atoms with Crippen molar-refractivity contribution in [3.05, 3.63) is 47.5 Å². The second kappa shape index (κ2) is 7.78. The number of benzene rings is 1. The quantitative estimate of drug-likeness (QED) is 0.816. The molecule has 1 aromatic carbocycles. The summed E-state index contributed by atoms with van der Waals surface area (Å²) in [5.41, 5.74) is 3.82. The molecule has 0 N–H and O–H groups in total. The predicted octanol–water partition coefficient (Wildman–Crippen LogP) is 1.69. The second-order valence-electron chi connectivity index (χ2n) is 7.24. The van der Waals surface area contributed by atoms with Gasteiger partial charge in [-0.2, -0.15) is 0 Å². The van der Waals surface area contributed by atoms with Crippen LogP contribution in [0.25, 0.3) is 0 Å². The van der Waals surface area contributed by atoms with Crippen LogP contribution in [0.15, 0.2) is 30.6 Å². The molecule has 2 aliphatic heterocycles. The molecule has 6 nitrogen and oxygen atoms in total. The van der Waals surface area contributed by atoms with Gasteiger partial charge >= 0.3 is 0 Å². The SMILES string of the molecule is COc1ccccc1CN1Cc2ncn(C)c2C[C@H]1CN1CCOCC1. The predicted molar refractivity (Wildman–Crippen MR) is 100 cm³/mol. The lowest BCUT2D eigenvalue weighted by Gasteiger charge is -2.39. The van der Waals surface area contributed by atoms with Crippen LogP contribution in [0.2, 0.25) is 0 Å². The van der Waals surface area contributed by atoms with Crippen LogP contribution in [-0.4, -0.2) is 65.4 Å². The first kappa shape index (κ1) is 17.5. The third kappa shape index (κ3) is 3.63. The monoisotopic (exact) mass is 356 g/mol. The van der Waals surface area contributed by atoms with Crippen molar-refractivity contribution in [3.8, 4) is 5.75 Å². The summed E-state index contributed by atoms with van der Waals surface area (Å²) in [7, 11) is 3.85. The van der Waals surface area contributed by atoms with E-state index in [0.717, 1.165) is 58.1 Å². The summed E-state index contributed by atoms with van der Waals surface area (Å²) in [6, 6.07) is 8.80. The number of hydrogen-bond donors (Lipinski definition) is 0. The molecule has 0 radical (unpaired) electrons. The number of imidazole rings is 1. The van der Waals surface area contributed by atoms with Crippen molar-refractivity contribution in [2.24, 2.45) is 7.05 Å². The Kier molecular flexibility index (Phi) is 5.24. The first-order valence-electron chi connectivity index (χ1n) is 9.39. The molecule has 26 heavy (non-hydrogen) atoms. The van der Waals surface area contributed by atoms with Gasteiger partial charge in [0.2, 0.25) is 0 Å². The van der Waals surface area contributed by atoms with Crippen molar-refractivity contribution in [2.45, 2.75) is 25.6 Å². The van der Waals surface area contributed by atoms with E-state index in [0.29, 0.717) is 6.04 Å². The fraction of sp³-hybridized carbons (Fsp3) is 0.550. The minimum absolute atomic E-state index is 0.473. The number of ether oxygens (including phenoxy) is 2. The van der Waals surface area contributed by atoms with Gasteiger partial charge in [0.1, 0.15) is 5.75 Å². The van der Waals surface area contributed by atoms with Gasteiger partial charge in [0.25, 0.3) is 0 Å². The molecule has 0 bridgehead atoms. The van der Waals surface area contributed by atoms with Crippen LogP contribution in [0.5, 0.6) is 5.75 Å². The van der Waals surface area contributed by atoms with Crippen LogP contribution in [0, 0.1) is 0 Å². The van der Waals surface area contributed by atoms with Crippen molar-refractivity contribution in [3.63, 3.8) is 0 Å². The van der Waals surface area contributed by atoms with Crippen LogP contribution >= 0.6 is 0 Å². The van der Waals surface area contributed by atoms with E-state index in [4.69, 9.17) is 9.47 Å². The minimum atomic E-state index is 0.473. The highest BCUT2D eigenvalue weighted by Crippen LogP contribution is 2.27. The van der Waals surface area contributed by atoms with Crippen LogP contribution in [-0.2, 0) is 31.3 Å². The Labute approximate surface area is 155 Å². The number of aromatic nitrogens is 2. The van der Waals surface area contributed by atoms with Crippen LogP contribution < -0.4 is 4.74 Å². The Bertz CT molecular complexity index is 739. The summed E-state index contributed by atoms with van der Waals surface area (Å²) < 4.78 is 13.3. The van der Waals surface area contributed by atoms with Crippen LogP contribution in [0.1, 0.15) is 17.0 Å². The number of aryl methyl sites for hydroxylation is 1. The van der Waals surface area contributed by atoms with Gasteiger partial charge < -0.3 is 14.0 Å². The smallest absolute Gasteiger partial charge is 0.123 e. The van der Waals surface area contributed by atoms with E-state index in [1.807, 2.05) is 18.5 Å². The fourth-order valence-corrected chi connectivity index (χ4v) is 4.07. The lowest BCUT2D eigenvalue weighted by molar-refractivity contribution is 0.0178.